The first kappa shape index (κ1) is 7.89. The highest BCUT2D eigenvalue weighted by Gasteiger charge is 2.01. The molecule has 1 radical (unpaired) electrons. The number of phenolic OH excluding ortho intramolecular Hbond substituents is 1. The number of halogens is 2. The van der Waals surface area contributed by atoms with Gasteiger partial charge in [0, 0.05) is 5.02 Å². The summed E-state index contributed by atoms with van der Waals surface area (Å²) in [7, 11) is 0. The number of hydrogen-bond donors (Lipinski definition) is 1. The second-order valence-electron chi connectivity index (χ2n) is 1.90. The van der Waals surface area contributed by atoms with Gasteiger partial charge in [-0.2, -0.15) is 0 Å². The Bertz CT molecular complexity index is 237. The average Bonchev–Trinajstić information content (AvgIpc) is 1.82. The molecule has 53 valence electrons. The molecule has 1 nitrogen and oxygen atoms in total. The van der Waals surface area contributed by atoms with Crippen LogP contribution in [0.15, 0.2) is 16.6 Å². The van der Waals surface area contributed by atoms with Crippen molar-refractivity contribution >= 4 is 27.5 Å². The summed E-state index contributed by atoms with van der Waals surface area (Å²) in [6.07, 6.45) is 0. The van der Waals surface area contributed by atoms with Gasteiger partial charge in [-0.3, -0.25) is 0 Å². The maximum absolute atomic E-state index is 9.16. The maximum atomic E-state index is 9.16. The van der Waals surface area contributed by atoms with Gasteiger partial charge in [0.1, 0.15) is 5.75 Å². The van der Waals surface area contributed by atoms with E-state index in [0.29, 0.717) is 15.1 Å². The Morgan fingerprint density at radius 1 is 1.50 bits per heavy atom. The van der Waals surface area contributed by atoms with E-state index < -0.39 is 0 Å². The predicted molar refractivity (Wildman–Crippen MR) is 45.3 cm³/mol. The van der Waals surface area contributed by atoms with Crippen LogP contribution in [0.2, 0.25) is 5.02 Å². The molecule has 0 aliphatic rings. The summed E-state index contributed by atoms with van der Waals surface area (Å²) in [4.78, 5) is 0. The fourth-order valence-electron chi connectivity index (χ4n) is 0.619. The highest BCUT2D eigenvalue weighted by Crippen LogP contribution is 2.30. The lowest BCUT2D eigenvalue weighted by atomic mass is 10.2. The second-order valence-corrected chi connectivity index (χ2v) is 3.19. The van der Waals surface area contributed by atoms with Crippen LogP contribution < -0.4 is 0 Å². The average molecular weight is 220 g/mol. The second kappa shape index (κ2) is 2.81. The largest absolute Gasteiger partial charge is 0.506 e. The van der Waals surface area contributed by atoms with Crippen molar-refractivity contribution in [3.05, 3.63) is 34.1 Å². The lowest BCUT2D eigenvalue weighted by Crippen LogP contribution is -1.75. The van der Waals surface area contributed by atoms with Gasteiger partial charge in [0.25, 0.3) is 0 Å². The molecule has 0 bridgehead atoms. The van der Waals surface area contributed by atoms with Crippen molar-refractivity contribution in [1.82, 2.24) is 0 Å². The maximum Gasteiger partial charge on any atom is 0.133 e. The van der Waals surface area contributed by atoms with Gasteiger partial charge in [0.15, 0.2) is 0 Å². The Balaban J connectivity index is 3.31. The van der Waals surface area contributed by atoms with Gasteiger partial charge in [-0.25, -0.2) is 0 Å². The molecule has 0 aliphatic carbocycles. The summed E-state index contributed by atoms with van der Waals surface area (Å²) < 4.78 is 0.574. The van der Waals surface area contributed by atoms with Crippen molar-refractivity contribution in [3.8, 4) is 5.75 Å². The van der Waals surface area contributed by atoms with Crippen LogP contribution in [-0.4, -0.2) is 5.11 Å². The molecule has 0 aliphatic heterocycles. The quantitative estimate of drug-likeness (QED) is 0.713. The van der Waals surface area contributed by atoms with Gasteiger partial charge in [-0.15, -0.1) is 0 Å². The van der Waals surface area contributed by atoms with Crippen LogP contribution in [0.25, 0.3) is 0 Å². The number of benzene rings is 1. The molecule has 0 amide bonds. The third-order valence-electron chi connectivity index (χ3n) is 1.11. The third-order valence-corrected chi connectivity index (χ3v) is 1.93. The van der Waals surface area contributed by atoms with Crippen LogP contribution in [0, 0.1) is 6.92 Å². The van der Waals surface area contributed by atoms with Crippen molar-refractivity contribution in [1.29, 1.82) is 0 Å². The van der Waals surface area contributed by atoms with Gasteiger partial charge in [-0.1, -0.05) is 11.6 Å². The molecule has 0 aromatic heterocycles. The molecule has 1 N–H and O–H groups in total. The molecule has 0 unspecified atom stereocenters. The molecule has 0 heterocycles. The summed E-state index contributed by atoms with van der Waals surface area (Å²) in [5.41, 5.74) is 0.527. The lowest BCUT2D eigenvalue weighted by Gasteiger charge is -2.00. The molecular formula is C7H5BrClO. The van der Waals surface area contributed by atoms with Gasteiger partial charge < -0.3 is 5.11 Å². The van der Waals surface area contributed by atoms with Crippen molar-refractivity contribution in [2.75, 3.05) is 0 Å². The Morgan fingerprint density at radius 3 is 2.60 bits per heavy atom. The number of hydrogen-bond acceptors (Lipinski definition) is 1. The first-order chi connectivity index (χ1) is 4.61. The topological polar surface area (TPSA) is 20.2 Å². The summed E-state index contributed by atoms with van der Waals surface area (Å²) in [6, 6.07) is 3.22. The minimum atomic E-state index is 0.143. The van der Waals surface area contributed by atoms with Gasteiger partial charge in [-0.05, 0) is 40.5 Å². The third kappa shape index (κ3) is 1.44. The van der Waals surface area contributed by atoms with Crippen LogP contribution in [0.1, 0.15) is 5.56 Å². The minimum Gasteiger partial charge on any atom is -0.506 e. The van der Waals surface area contributed by atoms with Crippen LogP contribution in [0.4, 0.5) is 0 Å². The van der Waals surface area contributed by atoms with Crippen molar-refractivity contribution in [3.63, 3.8) is 0 Å². The van der Waals surface area contributed by atoms with E-state index in [1.165, 1.54) is 0 Å². The normalized spacial score (nSPS) is 9.90. The highest BCUT2D eigenvalue weighted by molar-refractivity contribution is 9.10. The van der Waals surface area contributed by atoms with Crippen LogP contribution in [-0.2, 0) is 0 Å². The number of aromatic hydroxyl groups is 1. The zero-order chi connectivity index (χ0) is 7.72. The van der Waals surface area contributed by atoms with E-state index in [1.54, 1.807) is 12.1 Å². The van der Waals surface area contributed by atoms with Crippen LogP contribution in [0.5, 0.6) is 5.75 Å². The first-order valence-electron chi connectivity index (χ1n) is 2.61. The molecule has 3 heteroatoms. The molecular weight excluding hydrogens is 215 g/mol. The van der Waals surface area contributed by atoms with E-state index in [2.05, 4.69) is 22.9 Å². The summed E-state index contributed by atoms with van der Waals surface area (Å²) in [5.74, 6) is 0.143. The van der Waals surface area contributed by atoms with Crippen LogP contribution >= 0.6 is 27.5 Å². The SMILES string of the molecule is [CH2]c1cc(Cl)cc(Br)c1O. The van der Waals surface area contributed by atoms with Gasteiger partial charge in [0.05, 0.1) is 4.47 Å². The van der Waals surface area contributed by atoms with Crippen LogP contribution in [0.3, 0.4) is 0 Å². The molecule has 10 heavy (non-hydrogen) atoms. The fraction of sp³-hybridized carbons (Fsp3) is 0. The van der Waals surface area contributed by atoms with E-state index in [1.807, 2.05) is 0 Å². The zero-order valence-corrected chi connectivity index (χ0v) is 7.41. The van der Waals surface area contributed by atoms with E-state index in [-0.39, 0.29) is 5.75 Å². The Morgan fingerprint density at radius 2 is 2.10 bits per heavy atom. The molecule has 1 aromatic carbocycles. The van der Waals surface area contributed by atoms with E-state index in [4.69, 9.17) is 16.7 Å². The lowest BCUT2D eigenvalue weighted by molar-refractivity contribution is 0.469. The highest BCUT2D eigenvalue weighted by atomic mass is 79.9. The standard InChI is InChI=1S/C7H5BrClO/c1-4-2-5(9)3-6(8)7(4)10/h2-3,10H,1H2. The minimum absolute atomic E-state index is 0.143. The fourth-order valence-corrected chi connectivity index (χ4v) is 1.49. The van der Waals surface area contributed by atoms with E-state index in [0.717, 1.165) is 0 Å². The monoisotopic (exact) mass is 219 g/mol. The summed E-state index contributed by atoms with van der Waals surface area (Å²) in [5, 5.41) is 9.73. The van der Waals surface area contributed by atoms with Crippen molar-refractivity contribution in [2.24, 2.45) is 0 Å². The molecule has 0 spiro atoms. The van der Waals surface area contributed by atoms with E-state index >= 15 is 0 Å². The Labute approximate surface area is 72.8 Å². The zero-order valence-electron chi connectivity index (χ0n) is 5.06. The van der Waals surface area contributed by atoms with Crippen molar-refractivity contribution in [2.45, 2.75) is 0 Å². The van der Waals surface area contributed by atoms with Gasteiger partial charge in [0.2, 0.25) is 0 Å². The molecule has 0 saturated heterocycles. The molecule has 0 saturated carbocycles. The summed E-state index contributed by atoms with van der Waals surface area (Å²) >= 11 is 8.76. The molecule has 1 aromatic rings. The van der Waals surface area contributed by atoms with E-state index in [9.17, 15) is 0 Å². The number of rotatable bonds is 0. The van der Waals surface area contributed by atoms with Crippen molar-refractivity contribution < 1.29 is 5.11 Å². The first-order valence-corrected chi connectivity index (χ1v) is 3.78. The Kier molecular flexibility index (Phi) is 2.21. The van der Waals surface area contributed by atoms with Gasteiger partial charge >= 0.3 is 0 Å². The smallest absolute Gasteiger partial charge is 0.133 e. The predicted octanol–water partition coefficient (Wildman–Crippen LogP) is 2.99. The molecule has 1 rings (SSSR count). The summed E-state index contributed by atoms with van der Waals surface area (Å²) in [6.45, 7) is 3.58. The Hall–Kier alpha value is -0.210. The molecule has 0 fully saturated rings. The number of phenols is 1. The molecule has 0 atom stereocenters.